The van der Waals surface area contributed by atoms with Crippen molar-refractivity contribution in [1.82, 2.24) is 4.90 Å². The second kappa shape index (κ2) is 9.84. The molecule has 1 unspecified atom stereocenters. The highest BCUT2D eigenvalue weighted by Crippen LogP contribution is 2.37. The second-order valence-electron chi connectivity index (χ2n) is 8.38. The van der Waals surface area contributed by atoms with E-state index in [0.29, 0.717) is 33.9 Å². The first-order valence-electron chi connectivity index (χ1n) is 10.8. The molecule has 8 heteroatoms. The molecular formula is C26H25FN4O3. The number of carbonyl (C=O) groups is 2. The predicted octanol–water partition coefficient (Wildman–Crippen LogP) is 4.24. The smallest absolute Gasteiger partial charge is 0.322 e. The van der Waals surface area contributed by atoms with Gasteiger partial charge in [0.05, 0.1) is 11.4 Å². The molecule has 1 atom stereocenters. The molecule has 3 aromatic carbocycles. The van der Waals surface area contributed by atoms with Gasteiger partial charge in [-0.15, -0.1) is 0 Å². The van der Waals surface area contributed by atoms with Crippen LogP contribution in [-0.4, -0.2) is 48.2 Å². The molecular weight excluding hydrogens is 435 g/mol. The van der Waals surface area contributed by atoms with Crippen molar-refractivity contribution in [2.24, 2.45) is 4.99 Å². The summed E-state index contributed by atoms with van der Waals surface area (Å²) in [7, 11) is 3.99. The number of anilines is 2. The molecule has 4 rings (SSSR count). The van der Waals surface area contributed by atoms with Gasteiger partial charge in [-0.05, 0) is 67.2 Å². The fourth-order valence-corrected chi connectivity index (χ4v) is 3.95. The quantitative estimate of drug-likeness (QED) is 0.437. The zero-order valence-electron chi connectivity index (χ0n) is 18.9. The van der Waals surface area contributed by atoms with E-state index in [-0.39, 0.29) is 12.5 Å². The summed E-state index contributed by atoms with van der Waals surface area (Å²) in [6.45, 7) is 0.549. The molecule has 0 fully saturated rings. The van der Waals surface area contributed by atoms with Crippen LogP contribution in [0, 0.1) is 5.82 Å². The van der Waals surface area contributed by atoms with Crippen LogP contribution in [0.5, 0.6) is 0 Å². The number of amides is 1. The van der Waals surface area contributed by atoms with Crippen molar-refractivity contribution >= 4 is 34.7 Å². The summed E-state index contributed by atoms with van der Waals surface area (Å²) in [4.78, 5) is 30.9. The average molecular weight is 461 g/mol. The van der Waals surface area contributed by atoms with Crippen molar-refractivity contribution in [3.63, 3.8) is 0 Å². The van der Waals surface area contributed by atoms with Crippen LogP contribution in [0.3, 0.4) is 0 Å². The summed E-state index contributed by atoms with van der Waals surface area (Å²) >= 11 is 0. The number of halogens is 1. The first-order chi connectivity index (χ1) is 16.3. The molecule has 7 nitrogen and oxygen atoms in total. The van der Waals surface area contributed by atoms with Crippen LogP contribution in [0.1, 0.15) is 22.6 Å². The molecule has 0 aliphatic carbocycles. The van der Waals surface area contributed by atoms with E-state index in [1.165, 1.54) is 12.1 Å². The Morgan fingerprint density at radius 3 is 2.59 bits per heavy atom. The zero-order valence-corrected chi connectivity index (χ0v) is 18.9. The SMILES string of the molecule is CN(C)Cc1ccc(N=C(c2cccc(NCC(=O)O)c2)C2C(=O)Nc3cc(F)ccc32)cc1. The molecule has 0 saturated heterocycles. The van der Waals surface area contributed by atoms with Gasteiger partial charge in [0.2, 0.25) is 5.91 Å². The Balaban J connectivity index is 1.78. The van der Waals surface area contributed by atoms with Gasteiger partial charge >= 0.3 is 5.97 Å². The van der Waals surface area contributed by atoms with Crippen LogP contribution < -0.4 is 10.6 Å². The molecule has 174 valence electrons. The van der Waals surface area contributed by atoms with Crippen LogP contribution in [0.25, 0.3) is 0 Å². The van der Waals surface area contributed by atoms with Gasteiger partial charge in [-0.1, -0.05) is 30.3 Å². The summed E-state index contributed by atoms with van der Waals surface area (Å²) in [6, 6.07) is 19.1. The van der Waals surface area contributed by atoms with E-state index >= 15 is 0 Å². The lowest BCUT2D eigenvalue weighted by Crippen LogP contribution is -2.22. The number of hydrogen-bond donors (Lipinski definition) is 3. The molecule has 1 aliphatic heterocycles. The van der Waals surface area contributed by atoms with Gasteiger partial charge < -0.3 is 20.6 Å². The van der Waals surface area contributed by atoms with Gasteiger partial charge in [-0.2, -0.15) is 0 Å². The van der Waals surface area contributed by atoms with E-state index < -0.39 is 17.7 Å². The van der Waals surface area contributed by atoms with Crippen LogP contribution in [-0.2, 0) is 16.1 Å². The maximum Gasteiger partial charge on any atom is 0.322 e. The number of hydrogen-bond acceptors (Lipinski definition) is 5. The maximum atomic E-state index is 13.8. The van der Waals surface area contributed by atoms with E-state index in [2.05, 4.69) is 15.5 Å². The number of rotatable bonds is 8. The van der Waals surface area contributed by atoms with Crippen LogP contribution in [0.4, 0.5) is 21.5 Å². The zero-order chi connectivity index (χ0) is 24.2. The van der Waals surface area contributed by atoms with Gasteiger partial charge in [0.25, 0.3) is 0 Å². The van der Waals surface area contributed by atoms with Crippen molar-refractivity contribution in [3.8, 4) is 0 Å². The Labute approximate surface area is 196 Å². The van der Waals surface area contributed by atoms with Crippen molar-refractivity contribution in [1.29, 1.82) is 0 Å². The minimum absolute atomic E-state index is 0.241. The van der Waals surface area contributed by atoms with Gasteiger partial charge in [-0.3, -0.25) is 14.6 Å². The predicted molar refractivity (Wildman–Crippen MR) is 130 cm³/mol. The molecule has 3 N–H and O–H groups in total. The normalized spacial score (nSPS) is 15.2. The Bertz CT molecular complexity index is 1260. The van der Waals surface area contributed by atoms with Crippen LogP contribution in [0.2, 0.25) is 0 Å². The van der Waals surface area contributed by atoms with E-state index in [1.54, 1.807) is 24.3 Å². The number of aliphatic imine (C=N–C) groups is 1. The fraction of sp³-hybridized carbons (Fsp3) is 0.192. The molecule has 1 aliphatic rings. The third kappa shape index (κ3) is 5.29. The molecule has 1 amide bonds. The fourth-order valence-electron chi connectivity index (χ4n) is 3.95. The lowest BCUT2D eigenvalue weighted by Gasteiger charge is -2.15. The number of aliphatic carboxylic acids is 1. The molecule has 0 aromatic heterocycles. The minimum Gasteiger partial charge on any atom is -0.480 e. The maximum absolute atomic E-state index is 13.8. The van der Waals surface area contributed by atoms with E-state index in [1.807, 2.05) is 44.4 Å². The molecule has 0 spiro atoms. The van der Waals surface area contributed by atoms with Crippen LogP contribution in [0.15, 0.2) is 71.7 Å². The van der Waals surface area contributed by atoms with Crippen LogP contribution >= 0.6 is 0 Å². The Morgan fingerprint density at radius 2 is 1.88 bits per heavy atom. The third-order valence-corrected chi connectivity index (χ3v) is 5.41. The highest BCUT2D eigenvalue weighted by molar-refractivity contribution is 6.24. The topological polar surface area (TPSA) is 94.0 Å². The van der Waals surface area contributed by atoms with Crippen molar-refractivity contribution in [2.75, 3.05) is 31.3 Å². The number of nitrogens with zero attached hydrogens (tertiary/aromatic N) is 2. The van der Waals surface area contributed by atoms with Crippen molar-refractivity contribution in [3.05, 3.63) is 89.2 Å². The number of carbonyl (C=O) groups excluding carboxylic acids is 1. The molecule has 0 saturated carbocycles. The Kier molecular flexibility index (Phi) is 6.70. The molecule has 3 aromatic rings. The molecule has 0 radical (unpaired) electrons. The summed E-state index contributed by atoms with van der Waals surface area (Å²) in [6.07, 6.45) is 0. The number of fused-ring (bicyclic) bond motifs is 1. The molecule has 1 heterocycles. The van der Waals surface area contributed by atoms with E-state index in [0.717, 1.165) is 12.1 Å². The summed E-state index contributed by atoms with van der Waals surface area (Å²) < 4.78 is 13.8. The summed E-state index contributed by atoms with van der Waals surface area (Å²) in [5.74, 6) is -2.46. The van der Waals surface area contributed by atoms with Crippen molar-refractivity contribution < 1.29 is 19.1 Å². The standard InChI is InChI=1S/C26H25FN4O3/c1-31(2)15-16-6-9-19(10-7-16)29-25(17-4-3-5-20(12-17)28-14-23(32)33)24-21-11-8-18(27)13-22(21)30-26(24)34/h3-13,24,28H,14-15H2,1-2H3,(H,30,34)(H,32,33). The third-order valence-electron chi connectivity index (χ3n) is 5.41. The molecule has 0 bridgehead atoms. The summed E-state index contributed by atoms with van der Waals surface area (Å²) in [5.41, 5.74) is 4.59. The van der Waals surface area contributed by atoms with E-state index in [4.69, 9.17) is 10.1 Å². The Morgan fingerprint density at radius 1 is 1.12 bits per heavy atom. The highest BCUT2D eigenvalue weighted by atomic mass is 19.1. The van der Waals surface area contributed by atoms with Gasteiger partial charge in [0.15, 0.2) is 0 Å². The number of nitrogens with one attached hydrogen (secondary N) is 2. The first-order valence-corrected chi connectivity index (χ1v) is 10.8. The second-order valence-corrected chi connectivity index (χ2v) is 8.38. The largest absolute Gasteiger partial charge is 0.480 e. The average Bonchev–Trinajstić information content (AvgIpc) is 3.11. The van der Waals surface area contributed by atoms with Gasteiger partial charge in [0.1, 0.15) is 18.3 Å². The lowest BCUT2D eigenvalue weighted by atomic mass is 9.90. The van der Waals surface area contributed by atoms with Gasteiger partial charge in [0, 0.05) is 17.9 Å². The monoisotopic (exact) mass is 460 g/mol. The summed E-state index contributed by atoms with van der Waals surface area (Å²) in [5, 5.41) is 14.6. The van der Waals surface area contributed by atoms with E-state index in [9.17, 15) is 14.0 Å². The molecule has 34 heavy (non-hydrogen) atoms. The number of carboxylic acids is 1. The number of carboxylic acid groups (broad SMARTS) is 1. The first kappa shape index (κ1) is 23.1. The Hall–Kier alpha value is -4.04. The van der Waals surface area contributed by atoms with Gasteiger partial charge in [-0.25, -0.2) is 4.39 Å². The van der Waals surface area contributed by atoms with Crippen molar-refractivity contribution in [2.45, 2.75) is 12.5 Å². The lowest BCUT2D eigenvalue weighted by molar-refractivity contribution is -0.135. The minimum atomic E-state index is -0.983. The highest BCUT2D eigenvalue weighted by Gasteiger charge is 2.35. The number of benzene rings is 3.